The summed E-state index contributed by atoms with van der Waals surface area (Å²) in [5, 5.41) is 3.38. The molecule has 0 aromatic carbocycles. The van der Waals surface area contributed by atoms with Crippen LogP contribution in [0.15, 0.2) is 12.8 Å². The molecule has 12 heavy (non-hydrogen) atoms. The first-order valence-corrected chi connectivity index (χ1v) is 4.56. The number of rotatable bonds is 1. The van der Waals surface area contributed by atoms with E-state index in [9.17, 15) is 0 Å². The van der Waals surface area contributed by atoms with Crippen molar-refractivity contribution in [1.82, 2.24) is 10.2 Å². The number of hydrogen-bond acceptors (Lipinski definition) is 3. The summed E-state index contributed by atoms with van der Waals surface area (Å²) in [6.07, 6.45) is 3.04. The van der Waals surface area contributed by atoms with Crippen LogP contribution in [0.5, 0.6) is 0 Å². The summed E-state index contributed by atoms with van der Waals surface area (Å²) in [6.45, 7) is 8.71. The van der Waals surface area contributed by atoms with Crippen molar-refractivity contribution in [3.05, 3.63) is 12.8 Å². The van der Waals surface area contributed by atoms with Crippen molar-refractivity contribution in [1.29, 1.82) is 0 Å². The van der Waals surface area contributed by atoms with Gasteiger partial charge in [0.15, 0.2) is 0 Å². The highest BCUT2D eigenvalue weighted by Gasteiger charge is 2.39. The Morgan fingerprint density at radius 2 is 2.50 bits per heavy atom. The summed E-state index contributed by atoms with van der Waals surface area (Å²) in [4.78, 5) is 2.23. The van der Waals surface area contributed by atoms with Gasteiger partial charge in [-0.25, -0.2) is 0 Å². The molecule has 68 valence electrons. The lowest BCUT2D eigenvalue weighted by Gasteiger charge is -2.33. The van der Waals surface area contributed by atoms with E-state index in [2.05, 4.69) is 16.8 Å². The molecular formula is C9H16N2O. The second-order valence-electron chi connectivity index (χ2n) is 3.61. The molecule has 1 unspecified atom stereocenters. The van der Waals surface area contributed by atoms with Crippen LogP contribution >= 0.6 is 0 Å². The minimum atomic E-state index is 0.0897. The second kappa shape index (κ2) is 3.07. The van der Waals surface area contributed by atoms with Crippen molar-refractivity contribution >= 4 is 0 Å². The van der Waals surface area contributed by atoms with E-state index in [1.165, 1.54) is 0 Å². The Hall–Kier alpha value is -0.540. The smallest absolute Gasteiger partial charge is 0.0997 e. The molecule has 2 saturated heterocycles. The largest absolute Gasteiger partial charge is 0.375 e. The number of morpholine rings is 1. The normalized spacial score (nSPS) is 35.8. The average molecular weight is 168 g/mol. The summed E-state index contributed by atoms with van der Waals surface area (Å²) in [5.74, 6) is 0. The van der Waals surface area contributed by atoms with Gasteiger partial charge in [0.25, 0.3) is 0 Å². The van der Waals surface area contributed by atoms with Crippen LogP contribution in [0.2, 0.25) is 0 Å². The summed E-state index contributed by atoms with van der Waals surface area (Å²) >= 11 is 0. The lowest BCUT2D eigenvalue weighted by molar-refractivity contribution is -0.0552. The average Bonchev–Trinajstić information content (AvgIpc) is 2.50. The number of nitrogens with one attached hydrogen (secondary N) is 1. The molecule has 0 saturated carbocycles. The second-order valence-corrected chi connectivity index (χ2v) is 3.61. The highest BCUT2D eigenvalue weighted by Crippen LogP contribution is 2.26. The molecule has 2 aliphatic rings. The lowest BCUT2D eigenvalue weighted by Crippen LogP contribution is -2.51. The van der Waals surface area contributed by atoms with Crippen molar-refractivity contribution in [3.63, 3.8) is 0 Å². The van der Waals surface area contributed by atoms with Gasteiger partial charge in [0.05, 0.1) is 12.2 Å². The summed E-state index contributed by atoms with van der Waals surface area (Å²) in [6, 6.07) is 0. The lowest BCUT2D eigenvalue weighted by atomic mass is 10.0. The standard InChI is InChI=1S/C9H16N2O/c1-2-11-5-3-9(8-11)7-10-4-6-12-9/h2,10H,1,3-8H2. The van der Waals surface area contributed by atoms with Crippen LogP contribution in [0.3, 0.4) is 0 Å². The zero-order valence-corrected chi connectivity index (χ0v) is 7.38. The van der Waals surface area contributed by atoms with Crippen molar-refractivity contribution < 1.29 is 4.74 Å². The number of ether oxygens (including phenoxy) is 1. The molecule has 2 rings (SSSR count). The van der Waals surface area contributed by atoms with Crippen LogP contribution in [0, 0.1) is 0 Å². The van der Waals surface area contributed by atoms with Gasteiger partial charge in [0, 0.05) is 26.2 Å². The Morgan fingerprint density at radius 1 is 1.58 bits per heavy atom. The van der Waals surface area contributed by atoms with E-state index in [-0.39, 0.29) is 5.60 Å². The van der Waals surface area contributed by atoms with E-state index in [0.29, 0.717) is 0 Å². The SMILES string of the molecule is C=CN1CCC2(CNCCO2)C1. The predicted molar refractivity (Wildman–Crippen MR) is 47.9 cm³/mol. The zero-order chi connectivity index (χ0) is 8.44. The van der Waals surface area contributed by atoms with E-state index >= 15 is 0 Å². The molecule has 0 bridgehead atoms. The van der Waals surface area contributed by atoms with Gasteiger partial charge in [-0.1, -0.05) is 6.58 Å². The molecular weight excluding hydrogens is 152 g/mol. The molecule has 3 nitrogen and oxygen atoms in total. The maximum absolute atomic E-state index is 5.81. The molecule has 0 radical (unpaired) electrons. The molecule has 0 aliphatic carbocycles. The van der Waals surface area contributed by atoms with Crippen LogP contribution in [0.4, 0.5) is 0 Å². The third-order valence-electron chi connectivity index (χ3n) is 2.74. The van der Waals surface area contributed by atoms with Crippen molar-refractivity contribution in [2.24, 2.45) is 0 Å². The van der Waals surface area contributed by atoms with Crippen LogP contribution in [-0.4, -0.2) is 43.3 Å². The predicted octanol–water partition coefficient (Wildman–Crippen LogP) is 0.194. The summed E-state index contributed by atoms with van der Waals surface area (Å²) in [7, 11) is 0. The number of likely N-dealkylation sites (tertiary alicyclic amines) is 1. The minimum absolute atomic E-state index is 0.0897. The number of nitrogens with zero attached hydrogens (tertiary/aromatic N) is 1. The van der Waals surface area contributed by atoms with Gasteiger partial charge in [0.2, 0.25) is 0 Å². The van der Waals surface area contributed by atoms with E-state index in [1.807, 2.05) is 6.20 Å². The van der Waals surface area contributed by atoms with Crippen molar-refractivity contribution in [3.8, 4) is 0 Å². The Kier molecular flexibility index (Phi) is 2.07. The van der Waals surface area contributed by atoms with E-state index in [0.717, 1.165) is 39.2 Å². The van der Waals surface area contributed by atoms with E-state index in [1.54, 1.807) is 0 Å². The van der Waals surface area contributed by atoms with Gasteiger partial charge in [-0.3, -0.25) is 0 Å². The van der Waals surface area contributed by atoms with Gasteiger partial charge in [-0.15, -0.1) is 0 Å². The van der Waals surface area contributed by atoms with Gasteiger partial charge in [-0.2, -0.15) is 0 Å². The van der Waals surface area contributed by atoms with E-state index in [4.69, 9.17) is 4.74 Å². The Morgan fingerprint density at radius 3 is 3.08 bits per heavy atom. The molecule has 3 heteroatoms. The molecule has 0 aromatic rings. The Bertz CT molecular complexity index is 175. The Labute approximate surface area is 73.4 Å². The number of hydrogen-bond donors (Lipinski definition) is 1. The monoisotopic (exact) mass is 168 g/mol. The van der Waals surface area contributed by atoms with E-state index < -0.39 is 0 Å². The Balaban J connectivity index is 1.98. The van der Waals surface area contributed by atoms with Gasteiger partial charge < -0.3 is 15.0 Å². The third-order valence-corrected chi connectivity index (χ3v) is 2.74. The van der Waals surface area contributed by atoms with Gasteiger partial charge in [-0.05, 0) is 12.6 Å². The quantitative estimate of drug-likeness (QED) is 0.605. The van der Waals surface area contributed by atoms with Crippen LogP contribution in [0.1, 0.15) is 6.42 Å². The van der Waals surface area contributed by atoms with Gasteiger partial charge in [0.1, 0.15) is 0 Å². The van der Waals surface area contributed by atoms with Crippen LogP contribution < -0.4 is 5.32 Å². The van der Waals surface area contributed by atoms with Crippen LogP contribution in [-0.2, 0) is 4.74 Å². The van der Waals surface area contributed by atoms with Crippen LogP contribution in [0.25, 0.3) is 0 Å². The molecule has 1 atom stereocenters. The minimum Gasteiger partial charge on any atom is -0.375 e. The molecule has 0 amide bonds. The highest BCUT2D eigenvalue weighted by atomic mass is 16.5. The zero-order valence-electron chi connectivity index (χ0n) is 7.38. The summed E-state index contributed by atoms with van der Waals surface area (Å²) in [5.41, 5.74) is 0.0897. The van der Waals surface area contributed by atoms with Crippen molar-refractivity contribution in [2.75, 3.05) is 32.8 Å². The summed E-state index contributed by atoms with van der Waals surface area (Å²) < 4.78 is 5.81. The molecule has 1 spiro atoms. The first kappa shape index (κ1) is 8.08. The molecule has 1 N–H and O–H groups in total. The molecule has 2 aliphatic heterocycles. The van der Waals surface area contributed by atoms with Gasteiger partial charge >= 0.3 is 0 Å². The fourth-order valence-electron chi connectivity index (χ4n) is 2.00. The molecule has 2 heterocycles. The molecule has 2 fully saturated rings. The van der Waals surface area contributed by atoms with Crippen molar-refractivity contribution in [2.45, 2.75) is 12.0 Å². The first-order chi connectivity index (χ1) is 5.85. The maximum Gasteiger partial charge on any atom is 0.0997 e. The fraction of sp³-hybridized carbons (Fsp3) is 0.778. The fourth-order valence-corrected chi connectivity index (χ4v) is 2.00. The highest BCUT2D eigenvalue weighted by molar-refractivity contribution is 4.97. The maximum atomic E-state index is 5.81. The molecule has 0 aromatic heterocycles. The topological polar surface area (TPSA) is 24.5 Å². The third kappa shape index (κ3) is 1.34. The first-order valence-electron chi connectivity index (χ1n) is 4.56.